The van der Waals surface area contributed by atoms with Crippen molar-refractivity contribution in [1.82, 2.24) is 16.0 Å². The van der Waals surface area contributed by atoms with Crippen molar-refractivity contribution in [2.45, 2.75) is 69.5 Å². The summed E-state index contributed by atoms with van der Waals surface area (Å²) in [6.07, 6.45) is 0.713. The van der Waals surface area contributed by atoms with Gasteiger partial charge in [0.2, 0.25) is 23.5 Å². The lowest BCUT2D eigenvalue weighted by atomic mass is 9.80. The summed E-state index contributed by atoms with van der Waals surface area (Å²) in [5.41, 5.74) is -0.0791. The lowest BCUT2D eigenvalue weighted by Gasteiger charge is -2.33. The largest absolute Gasteiger partial charge is 0.353 e. The lowest BCUT2D eigenvalue weighted by molar-refractivity contribution is -0.145. The topological polar surface area (TPSA) is 133 Å². The van der Waals surface area contributed by atoms with E-state index in [0.29, 0.717) is 6.42 Å². The third-order valence-electron chi connectivity index (χ3n) is 6.62. The first-order valence-electron chi connectivity index (χ1n) is 11.9. The summed E-state index contributed by atoms with van der Waals surface area (Å²) >= 11 is 6.05. The summed E-state index contributed by atoms with van der Waals surface area (Å²) in [6.45, 7) is 1.81. The lowest BCUT2D eigenvalue weighted by Crippen LogP contribution is -2.49. The molecule has 1 heterocycles. The molecular formula is C24H27ClF2N4O5. The molecule has 1 aromatic carbocycles. The van der Waals surface area contributed by atoms with Gasteiger partial charge < -0.3 is 21.3 Å². The molecule has 4 N–H and O–H groups in total. The van der Waals surface area contributed by atoms with Crippen LogP contribution in [0.4, 0.5) is 14.5 Å². The van der Waals surface area contributed by atoms with E-state index in [0.717, 1.165) is 12.8 Å². The Hall–Kier alpha value is -3.08. The van der Waals surface area contributed by atoms with Gasteiger partial charge in [-0.15, -0.1) is 0 Å². The number of rotatable bonds is 9. The molecule has 1 aromatic rings. The van der Waals surface area contributed by atoms with Crippen LogP contribution in [-0.2, 0) is 19.2 Å². The van der Waals surface area contributed by atoms with Crippen molar-refractivity contribution in [2.75, 3.05) is 5.32 Å². The maximum Gasteiger partial charge on any atom is 0.289 e. The van der Waals surface area contributed by atoms with Crippen molar-refractivity contribution in [1.29, 1.82) is 0 Å². The molecular weight excluding hydrogens is 498 g/mol. The number of nitrogens with one attached hydrogen (secondary N) is 4. The second-order valence-electron chi connectivity index (χ2n) is 9.86. The van der Waals surface area contributed by atoms with Crippen LogP contribution < -0.4 is 21.3 Å². The minimum absolute atomic E-state index is 0.0259. The number of halogens is 3. The summed E-state index contributed by atoms with van der Waals surface area (Å²) in [6, 6.07) is 2.54. The minimum atomic E-state index is -2.89. The highest BCUT2D eigenvalue weighted by Gasteiger charge is 2.48. The molecule has 194 valence electrons. The monoisotopic (exact) mass is 524 g/mol. The summed E-state index contributed by atoms with van der Waals surface area (Å²) in [4.78, 5) is 63.3. The Morgan fingerprint density at radius 2 is 1.89 bits per heavy atom. The summed E-state index contributed by atoms with van der Waals surface area (Å²) < 4.78 is 26.4. The van der Waals surface area contributed by atoms with E-state index in [1.165, 1.54) is 18.2 Å². The number of alkyl halides is 2. The molecule has 2 saturated carbocycles. The molecule has 12 heteroatoms. The molecule has 0 bridgehead atoms. The van der Waals surface area contributed by atoms with E-state index in [2.05, 4.69) is 21.3 Å². The SMILES string of the molecule is C[C@@H]1C[C@@H](C[C@H](NC(=O)c2cc(Cl)ccc2NC(=O)C2CC(F)(F)C2)C(=O)C(=O)NC2CC2)C(=O)N1. The predicted octanol–water partition coefficient (Wildman–Crippen LogP) is 2.18. The van der Waals surface area contributed by atoms with E-state index in [1.807, 2.05) is 6.92 Å². The zero-order chi connectivity index (χ0) is 26.2. The molecule has 0 unspecified atom stereocenters. The normalized spacial score (nSPS) is 23.7. The van der Waals surface area contributed by atoms with Gasteiger partial charge in [-0.25, -0.2) is 8.78 Å². The van der Waals surface area contributed by atoms with E-state index >= 15 is 0 Å². The van der Waals surface area contributed by atoms with Gasteiger partial charge in [0, 0.05) is 41.8 Å². The fourth-order valence-corrected chi connectivity index (χ4v) is 4.62. The summed E-state index contributed by atoms with van der Waals surface area (Å²) in [7, 11) is 0. The number of amides is 4. The Bertz CT molecular complexity index is 1100. The average Bonchev–Trinajstić information content (AvgIpc) is 3.54. The Morgan fingerprint density at radius 1 is 1.19 bits per heavy atom. The number of hydrogen-bond donors (Lipinski definition) is 4. The fourth-order valence-electron chi connectivity index (χ4n) is 4.45. The smallest absolute Gasteiger partial charge is 0.289 e. The highest BCUT2D eigenvalue weighted by Crippen LogP contribution is 2.43. The van der Waals surface area contributed by atoms with Crippen LogP contribution >= 0.6 is 11.6 Å². The van der Waals surface area contributed by atoms with Crippen LogP contribution in [0.25, 0.3) is 0 Å². The maximum absolute atomic E-state index is 13.2. The first-order chi connectivity index (χ1) is 16.9. The van der Waals surface area contributed by atoms with Crippen molar-refractivity contribution < 1.29 is 32.8 Å². The summed E-state index contributed by atoms with van der Waals surface area (Å²) in [5.74, 6) is -7.84. The second-order valence-corrected chi connectivity index (χ2v) is 10.3. The van der Waals surface area contributed by atoms with Gasteiger partial charge in [0.05, 0.1) is 17.3 Å². The number of Topliss-reactive ketones (excluding diaryl/α,β-unsaturated/α-hetero) is 1. The number of carbonyl (C=O) groups excluding carboxylic acids is 5. The zero-order valence-corrected chi connectivity index (χ0v) is 20.3. The van der Waals surface area contributed by atoms with Crippen molar-refractivity contribution >= 4 is 46.7 Å². The van der Waals surface area contributed by atoms with Crippen molar-refractivity contribution in [2.24, 2.45) is 11.8 Å². The highest BCUT2D eigenvalue weighted by atomic mass is 35.5. The van der Waals surface area contributed by atoms with Gasteiger partial charge in [-0.05, 0) is 50.8 Å². The van der Waals surface area contributed by atoms with E-state index < -0.39 is 60.1 Å². The summed E-state index contributed by atoms with van der Waals surface area (Å²) in [5, 5.41) is 10.5. The second kappa shape index (κ2) is 10.1. The van der Waals surface area contributed by atoms with Crippen LogP contribution in [0.3, 0.4) is 0 Å². The molecule has 4 rings (SSSR count). The molecule has 3 fully saturated rings. The van der Waals surface area contributed by atoms with E-state index in [1.54, 1.807) is 0 Å². The van der Waals surface area contributed by atoms with Crippen molar-refractivity contribution in [3.05, 3.63) is 28.8 Å². The van der Waals surface area contributed by atoms with Crippen molar-refractivity contribution in [3.8, 4) is 0 Å². The third-order valence-corrected chi connectivity index (χ3v) is 6.86. The van der Waals surface area contributed by atoms with Gasteiger partial charge in [-0.1, -0.05) is 11.6 Å². The number of ketones is 1. The predicted molar refractivity (Wildman–Crippen MR) is 126 cm³/mol. The van der Waals surface area contributed by atoms with Crippen LogP contribution in [0.15, 0.2) is 18.2 Å². The zero-order valence-electron chi connectivity index (χ0n) is 19.5. The molecule has 0 aromatic heterocycles. The number of anilines is 1. The van der Waals surface area contributed by atoms with Gasteiger partial charge >= 0.3 is 0 Å². The van der Waals surface area contributed by atoms with Gasteiger partial charge in [-0.2, -0.15) is 0 Å². The van der Waals surface area contributed by atoms with E-state index in [-0.39, 0.29) is 40.7 Å². The quantitative estimate of drug-likeness (QED) is 0.367. The van der Waals surface area contributed by atoms with Gasteiger partial charge in [0.25, 0.3) is 11.8 Å². The Labute approximate surface area is 211 Å². The molecule has 36 heavy (non-hydrogen) atoms. The fraction of sp³-hybridized carbons (Fsp3) is 0.542. The number of carbonyl (C=O) groups is 5. The third kappa shape index (κ3) is 6.18. The van der Waals surface area contributed by atoms with E-state index in [9.17, 15) is 32.8 Å². The number of benzene rings is 1. The van der Waals surface area contributed by atoms with Crippen LogP contribution in [0.1, 0.15) is 55.8 Å². The first kappa shape index (κ1) is 26.0. The Morgan fingerprint density at radius 3 is 2.47 bits per heavy atom. The molecule has 9 nitrogen and oxygen atoms in total. The maximum atomic E-state index is 13.2. The number of hydrogen-bond acceptors (Lipinski definition) is 5. The van der Waals surface area contributed by atoms with Crippen LogP contribution in [0, 0.1) is 11.8 Å². The molecule has 0 spiro atoms. The average molecular weight is 525 g/mol. The van der Waals surface area contributed by atoms with E-state index in [4.69, 9.17) is 11.6 Å². The molecule has 1 saturated heterocycles. The van der Waals surface area contributed by atoms with Crippen LogP contribution in [0.5, 0.6) is 0 Å². The minimum Gasteiger partial charge on any atom is -0.353 e. The Balaban J connectivity index is 1.51. The molecule has 1 aliphatic heterocycles. The molecule has 3 aliphatic rings. The molecule has 2 aliphatic carbocycles. The molecule has 3 atom stereocenters. The van der Waals surface area contributed by atoms with Crippen molar-refractivity contribution in [3.63, 3.8) is 0 Å². The standard InChI is InChI=1S/C24H27ClF2N4O5/c1-11-6-12(20(33)28-11)7-18(19(32)23(36)29-15-3-4-15)31-22(35)16-8-14(25)2-5-17(16)30-21(34)13-9-24(26,27)10-13/h2,5,8,11-13,15,18H,3-4,6-7,9-10H2,1H3,(H,28,33)(H,29,36)(H,30,34)(H,31,35)/t11-,12+,18+/m1/s1. The molecule has 0 radical (unpaired) electrons. The van der Waals surface area contributed by atoms with Crippen LogP contribution in [0.2, 0.25) is 5.02 Å². The van der Waals surface area contributed by atoms with Crippen LogP contribution in [-0.4, -0.2) is 53.5 Å². The first-order valence-corrected chi connectivity index (χ1v) is 12.2. The van der Waals surface area contributed by atoms with Gasteiger partial charge in [0.15, 0.2) is 0 Å². The van der Waals surface area contributed by atoms with Gasteiger partial charge in [-0.3, -0.25) is 24.0 Å². The Kier molecular flexibility index (Phi) is 7.31. The van der Waals surface area contributed by atoms with Gasteiger partial charge in [0.1, 0.15) is 0 Å². The highest BCUT2D eigenvalue weighted by molar-refractivity contribution is 6.38. The molecule has 4 amide bonds.